The summed E-state index contributed by atoms with van der Waals surface area (Å²) in [6, 6.07) is 6.37. The minimum Gasteiger partial charge on any atom is -0.376 e. The number of nitrogens with one attached hydrogen (secondary N) is 1. The maximum absolute atomic E-state index is 12.6. The van der Waals surface area contributed by atoms with E-state index in [1.165, 1.54) is 16.4 Å². The average molecular weight is 405 g/mol. The van der Waals surface area contributed by atoms with Crippen molar-refractivity contribution >= 4 is 31.9 Å². The molecule has 0 spiro atoms. The molecule has 0 saturated carbocycles. The largest absolute Gasteiger partial charge is 0.376 e. The van der Waals surface area contributed by atoms with Gasteiger partial charge in [-0.3, -0.25) is 4.79 Å². The van der Waals surface area contributed by atoms with Crippen LogP contribution in [0.3, 0.4) is 0 Å². The van der Waals surface area contributed by atoms with E-state index in [1.807, 2.05) is 0 Å². The Balaban J connectivity index is 1.97. The number of halogens is 1. The summed E-state index contributed by atoms with van der Waals surface area (Å²) in [7, 11) is -3.68. The van der Waals surface area contributed by atoms with Crippen LogP contribution in [0.15, 0.2) is 33.6 Å². The summed E-state index contributed by atoms with van der Waals surface area (Å²) in [5, 5.41) is 2.74. The number of hydrogen-bond acceptors (Lipinski definition) is 4. The van der Waals surface area contributed by atoms with Gasteiger partial charge in [-0.2, -0.15) is 4.31 Å². The Morgan fingerprint density at radius 2 is 2.09 bits per heavy atom. The highest BCUT2D eigenvalue weighted by Gasteiger charge is 2.25. The minimum atomic E-state index is -3.68. The molecule has 0 radical (unpaired) electrons. The normalized spacial score (nSPS) is 18.3. The molecular formula is C15H21BrN2O4S. The number of hydrogen-bond donors (Lipinski definition) is 1. The van der Waals surface area contributed by atoms with Crippen molar-refractivity contribution < 1.29 is 17.9 Å². The Kier molecular flexibility index (Phi) is 6.58. The number of ether oxygens (including phenoxy) is 1. The van der Waals surface area contributed by atoms with Gasteiger partial charge in [-0.05, 0) is 37.1 Å². The van der Waals surface area contributed by atoms with Gasteiger partial charge in [0.05, 0.1) is 17.5 Å². The van der Waals surface area contributed by atoms with Crippen molar-refractivity contribution in [3.8, 4) is 0 Å². The third kappa shape index (κ3) is 5.00. The van der Waals surface area contributed by atoms with E-state index in [9.17, 15) is 13.2 Å². The lowest BCUT2D eigenvalue weighted by molar-refractivity contribution is -0.121. The number of sulfonamides is 1. The first-order valence-electron chi connectivity index (χ1n) is 7.57. The highest BCUT2D eigenvalue weighted by atomic mass is 79.9. The molecule has 1 fully saturated rings. The highest BCUT2D eigenvalue weighted by Crippen LogP contribution is 2.18. The summed E-state index contributed by atoms with van der Waals surface area (Å²) in [6.45, 7) is 2.89. The summed E-state index contributed by atoms with van der Waals surface area (Å²) >= 11 is 3.27. The van der Waals surface area contributed by atoms with Crippen molar-refractivity contribution in [2.24, 2.45) is 0 Å². The van der Waals surface area contributed by atoms with Crippen molar-refractivity contribution in [3.63, 3.8) is 0 Å². The molecule has 1 aromatic carbocycles. The van der Waals surface area contributed by atoms with Crippen LogP contribution < -0.4 is 5.32 Å². The van der Waals surface area contributed by atoms with E-state index < -0.39 is 10.0 Å². The van der Waals surface area contributed by atoms with E-state index in [4.69, 9.17) is 4.74 Å². The van der Waals surface area contributed by atoms with Gasteiger partial charge < -0.3 is 10.1 Å². The number of carbonyl (C=O) groups excluding carboxylic acids is 1. The van der Waals surface area contributed by atoms with Gasteiger partial charge in [-0.1, -0.05) is 22.9 Å². The number of likely N-dealkylation sites (N-methyl/N-ethyl adjacent to an activating group) is 1. The summed E-state index contributed by atoms with van der Waals surface area (Å²) in [6.07, 6.45) is 1.96. The van der Waals surface area contributed by atoms with Crippen molar-refractivity contribution in [1.82, 2.24) is 9.62 Å². The van der Waals surface area contributed by atoms with Crippen LogP contribution in [0.4, 0.5) is 0 Å². The zero-order chi connectivity index (χ0) is 16.9. The quantitative estimate of drug-likeness (QED) is 0.750. The number of carbonyl (C=O) groups is 1. The number of amides is 1. The first kappa shape index (κ1) is 18.4. The van der Waals surface area contributed by atoms with Gasteiger partial charge in [0.15, 0.2) is 0 Å². The van der Waals surface area contributed by atoms with Crippen molar-refractivity contribution in [2.45, 2.75) is 30.8 Å². The van der Waals surface area contributed by atoms with Crippen LogP contribution in [0.5, 0.6) is 0 Å². The Hall–Kier alpha value is -0.960. The maximum atomic E-state index is 12.6. The standard InChI is InChI=1S/C15H21BrN2O4S/c1-2-18(11-15(19)17-10-13-4-3-9-22-13)23(20,21)14-7-5-12(16)6-8-14/h5-8,13H,2-4,9-11H2,1H3,(H,17,19)/t13-/m0/s1. The molecule has 2 rings (SSSR count). The van der Waals surface area contributed by atoms with Crippen molar-refractivity contribution in [3.05, 3.63) is 28.7 Å². The fraction of sp³-hybridized carbons (Fsp3) is 0.533. The number of benzene rings is 1. The predicted molar refractivity (Wildman–Crippen MR) is 90.6 cm³/mol. The molecule has 23 heavy (non-hydrogen) atoms. The number of nitrogens with zero attached hydrogens (tertiary/aromatic N) is 1. The molecule has 0 unspecified atom stereocenters. The minimum absolute atomic E-state index is 0.0390. The van der Waals surface area contributed by atoms with Crippen LogP contribution in [0.2, 0.25) is 0 Å². The summed E-state index contributed by atoms with van der Waals surface area (Å²) < 4.78 is 32.6. The monoisotopic (exact) mass is 404 g/mol. The SMILES string of the molecule is CCN(CC(=O)NC[C@@H]1CCCO1)S(=O)(=O)c1ccc(Br)cc1. The van der Waals surface area contributed by atoms with E-state index in [1.54, 1.807) is 19.1 Å². The molecule has 128 valence electrons. The van der Waals surface area contributed by atoms with Crippen LogP contribution >= 0.6 is 15.9 Å². The highest BCUT2D eigenvalue weighted by molar-refractivity contribution is 9.10. The van der Waals surface area contributed by atoms with E-state index in [0.717, 1.165) is 23.9 Å². The molecular weight excluding hydrogens is 384 g/mol. The summed E-state index contributed by atoms with van der Waals surface area (Å²) in [4.78, 5) is 12.2. The molecule has 0 bridgehead atoms. The first-order valence-corrected chi connectivity index (χ1v) is 9.81. The third-order valence-corrected chi connectivity index (χ3v) is 6.14. The zero-order valence-corrected chi connectivity index (χ0v) is 15.4. The van der Waals surface area contributed by atoms with Gasteiger partial charge in [0.25, 0.3) is 0 Å². The molecule has 8 heteroatoms. The van der Waals surface area contributed by atoms with Crippen LogP contribution in [0, 0.1) is 0 Å². The van der Waals surface area contributed by atoms with Gasteiger partial charge in [0, 0.05) is 24.2 Å². The zero-order valence-electron chi connectivity index (χ0n) is 13.0. The van der Waals surface area contributed by atoms with Crippen molar-refractivity contribution in [2.75, 3.05) is 26.2 Å². The topological polar surface area (TPSA) is 75.7 Å². The fourth-order valence-electron chi connectivity index (χ4n) is 2.37. The second kappa shape index (κ2) is 8.23. The number of rotatable bonds is 7. The Bertz CT molecular complexity index is 627. The van der Waals surface area contributed by atoms with E-state index >= 15 is 0 Å². The Morgan fingerprint density at radius 3 is 2.65 bits per heavy atom. The smallest absolute Gasteiger partial charge is 0.243 e. The molecule has 1 atom stereocenters. The Labute approximate surface area is 145 Å². The Morgan fingerprint density at radius 1 is 1.39 bits per heavy atom. The summed E-state index contributed by atoms with van der Waals surface area (Å²) in [5.41, 5.74) is 0. The molecule has 1 aliphatic rings. The van der Waals surface area contributed by atoms with Crippen LogP contribution in [-0.2, 0) is 19.6 Å². The molecule has 1 amide bonds. The molecule has 6 nitrogen and oxygen atoms in total. The molecule has 1 heterocycles. The lowest BCUT2D eigenvalue weighted by Gasteiger charge is -2.20. The van der Waals surface area contributed by atoms with Crippen LogP contribution in [0.1, 0.15) is 19.8 Å². The molecule has 0 aromatic heterocycles. The van der Waals surface area contributed by atoms with Gasteiger partial charge in [0.2, 0.25) is 15.9 Å². The first-order chi connectivity index (χ1) is 10.9. The lowest BCUT2D eigenvalue weighted by Crippen LogP contribution is -2.42. The van der Waals surface area contributed by atoms with Gasteiger partial charge in [-0.25, -0.2) is 8.42 Å². The third-order valence-electron chi connectivity index (χ3n) is 3.67. The molecule has 0 aliphatic carbocycles. The predicted octanol–water partition coefficient (Wildman–Crippen LogP) is 1.75. The van der Waals surface area contributed by atoms with Crippen LogP contribution in [0.25, 0.3) is 0 Å². The molecule has 1 aliphatic heterocycles. The van der Waals surface area contributed by atoms with Crippen LogP contribution in [-0.4, -0.2) is 51.0 Å². The summed E-state index contributed by atoms with van der Waals surface area (Å²) in [5.74, 6) is -0.317. The average Bonchev–Trinajstić information content (AvgIpc) is 3.04. The maximum Gasteiger partial charge on any atom is 0.243 e. The lowest BCUT2D eigenvalue weighted by atomic mass is 10.2. The fourth-order valence-corrected chi connectivity index (χ4v) is 4.04. The van der Waals surface area contributed by atoms with E-state index in [-0.39, 0.29) is 30.0 Å². The second-order valence-electron chi connectivity index (χ2n) is 5.32. The van der Waals surface area contributed by atoms with E-state index in [2.05, 4.69) is 21.2 Å². The second-order valence-corrected chi connectivity index (χ2v) is 8.18. The molecule has 1 aromatic rings. The van der Waals surface area contributed by atoms with Crippen molar-refractivity contribution in [1.29, 1.82) is 0 Å². The van der Waals surface area contributed by atoms with Gasteiger partial charge in [-0.15, -0.1) is 0 Å². The van der Waals surface area contributed by atoms with Gasteiger partial charge >= 0.3 is 0 Å². The van der Waals surface area contributed by atoms with Gasteiger partial charge in [0.1, 0.15) is 0 Å². The molecule has 1 N–H and O–H groups in total. The molecule has 1 saturated heterocycles. The van der Waals surface area contributed by atoms with E-state index in [0.29, 0.717) is 6.54 Å².